The highest BCUT2D eigenvalue weighted by Gasteiger charge is 2.23. The molecule has 24 heavy (non-hydrogen) atoms. The average molecular weight is 348 g/mol. The second-order valence-electron chi connectivity index (χ2n) is 5.51. The Hall–Kier alpha value is -2.12. The Balaban J connectivity index is 2.03. The second-order valence-corrected chi connectivity index (χ2v) is 6.29. The minimum atomic E-state index is -0.956. The van der Waals surface area contributed by atoms with E-state index >= 15 is 0 Å². The van der Waals surface area contributed by atoms with E-state index in [2.05, 4.69) is 20.6 Å². The summed E-state index contributed by atoms with van der Waals surface area (Å²) in [5.41, 5.74) is 0.842. The number of aliphatic imine (C=N–C) groups is 1. The van der Waals surface area contributed by atoms with Gasteiger partial charge in [0.1, 0.15) is 5.60 Å². The van der Waals surface area contributed by atoms with Gasteiger partial charge in [0.15, 0.2) is 5.96 Å². The predicted octanol–water partition coefficient (Wildman–Crippen LogP) is 2.11. The van der Waals surface area contributed by atoms with Crippen molar-refractivity contribution in [3.63, 3.8) is 0 Å². The SMILES string of the molecule is CCNC(=NCc1cccnc1OC)NCC(C)(O)c1ccsc1. The topological polar surface area (TPSA) is 78.8 Å². The number of hydrogen-bond donors (Lipinski definition) is 3. The van der Waals surface area contributed by atoms with Gasteiger partial charge >= 0.3 is 0 Å². The third-order valence-electron chi connectivity index (χ3n) is 3.54. The van der Waals surface area contributed by atoms with Crippen LogP contribution >= 0.6 is 11.3 Å². The summed E-state index contributed by atoms with van der Waals surface area (Å²) in [6.45, 7) is 5.32. The molecule has 0 spiro atoms. The minimum Gasteiger partial charge on any atom is -0.481 e. The molecule has 0 fully saturated rings. The van der Waals surface area contributed by atoms with E-state index in [9.17, 15) is 5.11 Å². The monoisotopic (exact) mass is 348 g/mol. The molecule has 0 saturated heterocycles. The van der Waals surface area contributed by atoms with Crippen molar-refractivity contribution < 1.29 is 9.84 Å². The first kappa shape index (κ1) is 18.2. The molecule has 3 N–H and O–H groups in total. The molecule has 0 saturated carbocycles. The number of pyridine rings is 1. The number of aliphatic hydroxyl groups is 1. The predicted molar refractivity (Wildman–Crippen MR) is 97.5 cm³/mol. The molecule has 2 rings (SSSR count). The van der Waals surface area contributed by atoms with Crippen molar-refractivity contribution in [2.75, 3.05) is 20.2 Å². The lowest BCUT2D eigenvalue weighted by Crippen LogP contribution is -2.44. The number of guanidine groups is 1. The van der Waals surface area contributed by atoms with Crippen LogP contribution in [-0.2, 0) is 12.1 Å². The van der Waals surface area contributed by atoms with Crippen LogP contribution in [0.2, 0.25) is 0 Å². The summed E-state index contributed by atoms with van der Waals surface area (Å²) in [5, 5.41) is 20.9. The van der Waals surface area contributed by atoms with Gasteiger partial charge in [-0.05, 0) is 42.3 Å². The number of rotatable bonds is 7. The van der Waals surface area contributed by atoms with Crippen molar-refractivity contribution in [2.45, 2.75) is 26.0 Å². The van der Waals surface area contributed by atoms with E-state index in [0.29, 0.717) is 24.9 Å². The zero-order valence-corrected chi connectivity index (χ0v) is 15.1. The number of methoxy groups -OCH3 is 1. The molecule has 0 bridgehead atoms. The molecule has 0 aromatic carbocycles. The van der Waals surface area contributed by atoms with E-state index in [1.165, 1.54) is 0 Å². The molecule has 2 aromatic heterocycles. The summed E-state index contributed by atoms with van der Waals surface area (Å²) < 4.78 is 5.24. The van der Waals surface area contributed by atoms with Crippen LogP contribution in [0.1, 0.15) is 25.0 Å². The molecule has 0 amide bonds. The van der Waals surface area contributed by atoms with E-state index < -0.39 is 5.60 Å². The molecule has 7 heteroatoms. The summed E-state index contributed by atoms with van der Waals surface area (Å²) in [7, 11) is 1.59. The Morgan fingerprint density at radius 2 is 2.25 bits per heavy atom. The number of thiophene rings is 1. The van der Waals surface area contributed by atoms with Gasteiger partial charge < -0.3 is 20.5 Å². The highest BCUT2D eigenvalue weighted by Crippen LogP contribution is 2.22. The quantitative estimate of drug-likeness (QED) is 0.528. The van der Waals surface area contributed by atoms with Gasteiger partial charge in [0.25, 0.3) is 0 Å². The Morgan fingerprint density at radius 3 is 2.92 bits per heavy atom. The third kappa shape index (κ3) is 4.94. The molecule has 2 heterocycles. The van der Waals surface area contributed by atoms with Crippen molar-refractivity contribution in [1.82, 2.24) is 15.6 Å². The normalized spacial score (nSPS) is 14.1. The summed E-state index contributed by atoms with van der Waals surface area (Å²) in [5.74, 6) is 1.21. The van der Waals surface area contributed by atoms with Crippen molar-refractivity contribution in [3.05, 3.63) is 46.3 Å². The first-order valence-electron chi connectivity index (χ1n) is 7.82. The Kier molecular flexibility index (Phi) is 6.57. The van der Waals surface area contributed by atoms with Crippen LogP contribution in [0.4, 0.5) is 0 Å². The van der Waals surface area contributed by atoms with Gasteiger partial charge in [0.2, 0.25) is 5.88 Å². The fourth-order valence-electron chi connectivity index (χ4n) is 2.16. The lowest BCUT2D eigenvalue weighted by Gasteiger charge is -2.24. The zero-order valence-electron chi connectivity index (χ0n) is 14.2. The zero-order chi connectivity index (χ0) is 17.4. The number of hydrogen-bond acceptors (Lipinski definition) is 5. The summed E-state index contributed by atoms with van der Waals surface area (Å²) in [6, 6.07) is 5.71. The van der Waals surface area contributed by atoms with Crippen LogP contribution in [0.3, 0.4) is 0 Å². The molecule has 130 valence electrons. The molecule has 6 nitrogen and oxygen atoms in total. The average Bonchev–Trinajstić information content (AvgIpc) is 3.13. The number of aromatic nitrogens is 1. The van der Waals surface area contributed by atoms with Crippen molar-refractivity contribution in [3.8, 4) is 5.88 Å². The fourth-order valence-corrected chi connectivity index (χ4v) is 2.95. The Morgan fingerprint density at radius 1 is 1.42 bits per heavy atom. The number of nitrogens with zero attached hydrogens (tertiary/aromatic N) is 2. The standard InChI is InChI=1S/C17H24N4O2S/c1-4-18-16(20-10-13-6-5-8-19-15(13)23-3)21-12-17(2,22)14-7-9-24-11-14/h5-9,11,22H,4,10,12H2,1-3H3,(H2,18,20,21). The van der Waals surface area contributed by atoms with Crippen LogP contribution in [-0.4, -0.2) is 36.2 Å². The maximum atomic E-state index is 10.6. The molecule has 0 aliphatic heterocycles. The summed E-state index contributed by atoms with van der Waals surface area (Å²) in [6.07, 6.45) is 1.69. The van der Waals surface area contributed by atoms with Crippen LogP contribution in [0.5, 0.6) is 5.88 Å². The van der Waals surface area contributed by atoms with Gasteiger partial charge in [-0.25, -0.2) is 9.98 Å². The van der Waals surface area contributed by atoms with Crippen molar-refractivity contribution in [1.29, 1.82) is 0 Å². The molecule has 1 atom stereocenters. The lowest BCUT2D eigenvalue weighted by atomic mass is 9.99. The van der Waals surface area contributed by atoms with Crippen molar-refractivity contribution >= 4 is 17.3 Å². The van der Waals surface area contributed by atoms with Crippen LogP contribution in [0.15, 0.2) is 40.1 Å². The van der Waals surface area contributed by atoms with E-state index in [0.717, 1.165) is 17.7 Å². The number of ether oxygens (including phenoxy) is 1. The van der Waals surface area contributed by atoms with Gasteiger partial charge in [-0.2, -0.15) is 11.3 Å². The van der Waals surface area contributed by atoms with E-state index in [-0.39, 0.29) is 0 Å². The lowest BCUT2D eigenvalue weighted by molar-refractivity contribution is 0.0621. The maximum absolute atomic E-state index is 10.6. The number of nitrogens with one attached hydrogen (secondary N) is 2. The van der Waals surface area contributed by atoms with E-state index in [4.69, 9.17) is 4.74 Å². The van der Waals surface area contributed by atoms with E-state index in [1.807, 2.05) is 35.9 Å². The summed E-state index contributed by atoms with van der Waals surface area (Å²) in [4.78, 5) is 8.71. The highest BCUT2D eigenvalue weighted by atomic mass is 32.1. The smallest absolute Gasteiger partial charge is 0.218 e. The molecule has 0 radical (unpaired) electrons. The Labute approximate surface area is 146 Å². The third-order valence-corrected chi connectivity index (χ3v) is 4.22. The van der Waals surface area contributed by atoms with Crippen LogP contribution in [0.25, 0.3) is 0 Å². The molecule has 2 aromatic rings. The Bertz CT molecular complexity index is 656. The minimum absolute atomic E-state index is 0.361. The molecule has 1 unspecified atom stereocenters. The molecular weight excluding hydrogens is 324 g/mol. The highest BCUT2D eigenvalue weighted by molar-refractivity contribution is 7.08. The summed E-state index contributed by atoms with van der Waals surface area (Å²) >= 11 is 1.57. The van der Waals surface area contributed by atoms with Gasteiger partial charge in [-0.1, -0.05) is 6.07 Å². The van der Waals surface area contributed by atoms with Gasteiger partial charge in [-0.15, -0.1) is 0 Å². The molecule has 0 aliphatic rings. The first-order valence-corrected chi connectivity index (χ1v) is 8.76. The fraction of sp³-hybridized carbons (Fsp3) is 0.412. The first-order chi connectivity index (χ1) is 11.6. The largest absolute Gasteiger partial charge is 0.481 e. The molecular formula is C17H24N4O2S. The van der Waals surface area contributed by atoms with Gasteiger partial charge in [0.05, 0.1) is 20.2 Å². The maximum Gasteiger partial charge on any atom is 0.218 e. The molecule has 0 aliphatic carbocycles. The van der Waals surface area contributed by atoms with E-state index in [1.54, 1.807) is 31.6 Å². The second kappa shape index (κ2) is 8.65. The van der Waals surface area contributed by atoms with Gasteiger partial charge in [-0.3, -0.25) is 0 Å². The van der Waals surface area contributed by atoms with Crippen LogP contribution in [0, 0.1) is 0 Å². The van der Waals surface area contributed by atoms with Gasteiger partial charge in [0, 0.05) is 18.3 Å². The van der Waals surface area contributed by atoms with Crippen molar-refractivity contribution in [2.24, 2.45) is 4.99 Å². The van der Waals surface area contributed by atoms with Crippen LogP contribution < -0.4 is 15.4 Å².